The van der Waals surface area contributed by atoms with Gasteiger partial charge in [0, 0.05) is 0 Å². The van der Waals surface area contributed by atoms with E-state index in [0.29, 0.717) is 6.61 Å². The standard InChI is InChI=1S/C10H22O2/c1-4-9(2)10(3)7-5-6-8-12-11/h9-11H,4-8H2,1-3H3. The largest absolute Gasteiger partial charge is 0.252 e. The second kappa shape index (κ2) is 7.56. The molecule has 0 bridgehead atoms. The van der Waals surface area contributed by atoms with E-state index in [1.165, 1.54) is 12.8 Å². The lowest BCUT2D eigenvalue weighted by atomic mass is 9.89. The van der Waals surface area contributed by atoms with Crippen LogP contribution in [0.1, 0.15) is 46.5 Å². The summed E-state index contributed by atoms with van der Waals surface area (Å²) in [5.41, 5.74) is 0. The normalized spacial score (nSPS) is 16.0. The Labute approximate surface area is 75.9 Å². The highest BCUT2D eigenvalue weighted by molar-refractivity contribution is 4.60. The van der Waals surface area contributed by atoms with Gasteiger partial charge >= 0.3 is 0 Å². The number of unbranched alkanes of at least 4 members (excludes halogenated alkanes) is 1. The molecule has 0 aliphatic carbocycles. The summed E-state index contributed by atoms with van der Waals surface area (Å²) < 4.78 is 0. The molecule has 0 aliphatic heterocycles. The molecule has 2 nitrogen and oxygen atoms in total. The molecule has 0 aromatic rings. The maximum atomic E-state index is 8.09. The van der Waals surface area contributed by atoms with E-state index in [1.807, 2.05) is 0 Å². The third-order valence-corrected chi connectivity index (χ3v) is 2.76. The van der Waals surface area contributed by atoms with Gasteiger partial charge in [-0.05, 0) is 18.3 Å². The first-order valence-corrected chi connectivity index (χ1v) is 4.98. The van der Waals surface area contributed by atoms with E-state index in [4.69, 9.17) is 5.26 Å². The van der Waals surface area contributed by atoms with Crippen LogP contribution in [-0.4, -0.2) is 11.9 Å². The monoisotopic (exact) mass is 174 g/mol. The van der Waals surface area contributed by atoms with Crippen LogP contribution < -0.4 is 0 Å². The lowest BCUT2D eigenvalue weighted by molar-refractivity contribution is -0.242. The molecular weight excluding hydrogens is 152 g/mol. The highest BCUT2D eigenvalue weighted by Gasteiger charge is 2.08. The Morgan fingerprint density at radius 1 is 1.17 bits per heavy atom. The fraction of sp³-hybridized carbons (Fsp3) is 1.00. The second-order valence-corrected chi connectivity index (χ2v) is 3.69. The summed E-state index contributed by atoms with van der Waals surface area (Å²) in [7, 11) is 0. The summed E-state index contributed by atoms with van der Waals surface area (Å²) >= 11 is 0. The Bertz CT molecular complexity index is 93.8. The lowest BCUT2D eigenvalue weighted by Gasteiger charge is -2.17. The predicted molar refractivity (Wildman–Crippen MR) is 51.1 cm³/mol. The fourth-order valence-corrected chi connectivity index (χ4v) is 1.32. The van der Waals surface area contributed by atoms with Crippen molar-refractivity contribution in [2.75, 3.05) is 6.61 Å². The van der Waals surface area contributed by atoms with Gasteiger partial charge in [0.15, 0.2) is 0 Å². The topological polar surface area (TPSA) is 29.5 Å². The van der Waals surface area contributed by atoms with E-state index in [1.54, 1.807) is 0 Å². The molecule has 0 saturated carbocycles. The van der Waals surface area contributed by atoms with Crippen LogP contribution in [-0.2, 0) is 4.89 Å². The van der Waals surface area contributed by atoms with Crippen molar-refractivity contribution < 1.29 is 10.1 Å². The molecule has 0 aromatic heterocycles. The van der Waals surface area contributed by atoms with Crippen LogP contribution in [0.15, 0.2) is 0 Å². The van der Waals surface area contributed by atoms with Gasteiger partial charge in [-0.1, -0.05) is 40.0 Å². The molecule has 2 heteroatoms. The molecule has 0 fully saturated rings. The zero-order chi connectivity index (χ0) is 9.40. The van der Waals surface area contributed by atoms with Gasteiger partial charge in [-0.25, -0.2) is 4.89 Å². The van der Waals surface area contributed by atoms with Crippen molar-refractivity contribution >= 4 is 0 Å². The maximum Gasteiger partial charge on any atom is 0.0819 e. The molecule has 0 aromatic carbocycles. The highest BCUT2D eigenvalue weighted by Crippen LogP contribution is 2.20. The van der Waals surface area contributed by atoms with E-state index in [-0.39, 0.29) is 0 Å². The summed E-state index contributed by atoms with van der Waals surface area (Å²) in [6.45, 7) is 7.31. The summed E-state index contributed by atoms with van der Waals surface area (Å²) in [5, 5.41) is 8.09. The quantitative estimate of drug-likeness (QED) is 0.364. The van der Waals surface area contributed by atoms with Crippen LogP contribution in [0.3, 0.4) is 0 Å². The van der Waals surface area contributed by atoms with Crippen LogP contribution in [0.5, 0.6) is 0 Å². The number of rotatable bonds is 7. The van der Waals surface area contributed by atoms with E-state index in [2.05, 4.69) is 25.7 Å². The summed E-state index contributed by atoms with van der Waals surface area (Å²) in [4.78, 5) is 4.01. The number of hydrogen-bond acceptors (Lipinski definition) is 2. The smallest absolute Gasteiger partial charge is 0.0819 e. The van der Waals surface area contributed by atoms with Gasteiger partial charge in [-0.3, -0.25) is 5.26 Å². The molecule has 0 radical (unpaired) electrons. The van der Waals surface area contributed by atoms with E-state index >= 15 is 0 Å². The number of hydrogen-bond donors (Lipinski definition) is 1. The molecule has 2 unspecified atom stereocenters. The van der Waals surface area contributed by atoms with Crippen molar-refractivity contribution in [3.05, 3.63) is 0 Å². The first-order valence-electron chi connectivity index (χ1n) is 4.98. The van der Waals surface area contributed by atoms with E-state index < -0.39 is 0 Å². The Balaban J connectivity index is 3.24. The molecule has 0 heterocycles. The van der Waals surface area contributed by atoms with Crippen LogP contribution in [0.4, 0.5) is 0 Å². The van der Waals surface area contributed by atoms with Gasteiger partial charge in [0.25, 0.3) is 0 Å². The van der Waals surface area contributed by atoms with Gasteiger partial charge < -0.3 is 0 Å². The van der Waals surface area contributed by atoms with Crippen LogP contribution in [0.25, 0.3) is 0 Å². The van der Waals surface area contributed by atoms with Crippen molar-refractivity contribution in [1.29, 1.82) is 0 Å². The molecule has 0 saturated heterocycles. The molecular formula is C10H22O2. The third-order valence-electron chi connectivity index (χ3n) is 2.76. The molecule has 0 aliphatic rings. The fourth-order valence-electron chi connectivity index (χ4n) is 1.32. The Hall–Kier alpha value is -0.0800. The van der Waals surface area contributed by atoms with Crippen LogP contribution >= 0.6 is 0 Å². The minimum absolute atomic E-state index is 0.479. The Morgan fingerprint density at radius 2 is 1.83 bits per heavy atom. The van der Waals surface area contributed by atoms with Crippen molar-refractivity contribution in [2.24, 2.45) is 11.8 Å². The summed E-state index contributed by atoms with van der Waals surface area (Å²) in [6.07, 6.45) is 4.64. The highest BCUT2D eigenvalue weighted by atomic mass is 17.1. The molecule has 0 rings (SSSR count). The van der Waals surface area contributed by atoms with Gasteiger partial charge in [0.1, 0.15) is 0 Å². The predicted octanol–water partition coefficient (Wildman–Crippen LogP) is 3.33. The van der Waals surface area contributed by atoms with Gasteiger partial charge in [0.2, 0.25) is 0 Å². The van der Waals surface area contributed by atoms with Gasteiger partial charge in [-0.15, -0.1) is 0 Å². The van der Waals surface area contributed by atoms with Gasteiger partial charge in [0.05, 0.1) is 6.61 Å². The molecule has 74 valence electrons. The SMILES string of the molecule is CCC(C)C(C)CCCCOO. The Kier molecular flexibility index (Phi) is 7.51. The Morgan fingerprint density at radius 3 is 2.33 bits per heavy atom. The first kappa shape index (κ1) is 11.9. The minimum Gasteiger partial charge on any atom is -0.252 e. The first-order chi connectivity index (χ1) is 5.72. The average molecular weight is 174 g/mol. The molecule has 0 spiro atoms. The molecule has 1 N–H and O–H groups in total. The summed E-state index contributed by atoms with van der Waals surface area (Å²) in [5.74, 6) is 1.62. The summed E-state index contributed by atoms with van der Waals surface area (Å²) in [6, 6.07) is 0. The molecule has 12 heavy (non-hydrogen) atoms. The minimum atomic E-state index is 0.479. The zero-order valence-corrected chi connectivity index (χ0v) is 8.55. The molecule has 0 amide bonds. The molecule has 2 atom stereocenters. The lowest BCUT2D eigenvalue weighted by Crippen LogP contribution is -2.06. The second-order valence-electron chi connectivity index (χ2n) is 3.69. The maximum absolute atomic E-state index is 8.09. The van der Waals surface area contributed by atoms with Crippen molar-refractivity contribution in [3.8, 4) is 0 Å². The van der Waals surface area contributed by atoms with Crippen molar-refractivity contribution in [3.63, 3.8) is 0 Å². The zero-order valence-electron chi connectivity index (χ0n) is 8.55. The average Bonchev–Trinajstić information content (AvgIpc) is 2.10. The third kappa shape index (κ3) is 5.56. The van der Waals surface area contributed by atoms with Gasteiger partial charge in [-0.2, -0.15) is 0 Å². The van der Waals surface area contributed by atoms with Crippen molar-refractivity contribution in [2.45, 2.75) is 46.5 Å². The van der Waals surface area contributed by atoms with Crippen LogP contribution in [0.2, 0.25) is 0 Å². The van der Waals surface area contributed by atoms with Crippen molar-refractivity contribution in [1.82, 2.24) is 0 Å². The van der Waals surface area contributed by atoms with Crippen LogP contribution in [0, 0.1) is 11.8 Å². The van der Waals surface area contributed by atoms with E-state index in [9.17, 15) is 0 Å². The van der Waals surface area contributed by atoms with E-state index in [0.717, 1.165) is 24.7 Å².